The van der Waals surface area contributed by atoms with Gasteiger partial charge in [-0.05, 0) is 95.1 Å². The number of hydrogen-bond donors (Lipinski definition) is 1. The molecule has 2 heterocycles. The predicted molar refractivity (Wildman–Crippen MR) is 239 cm³/mol. The normalized spacial score (nSPS) is 19.3. The molecule has 0 aromatic heterocycles. The molecular formula is C52H51NO5S. The van der Waals surface area contributed by atoms with Crippen molar-refractivity contribution >= 4 is 34.3 Å². The third kappa shape index (κ3) is 6.68. The number of aliphatic hydroxyl groups is 1. The standard InChI is InChI=1S/C52H51NO5S/c1-55-46-34-44-43(35-47(46)59-40-12-6-5-7-13-40)48-41-14-8-9-15-45(41)51(25-10-3-2-4-11-26-51)49(48)42-24-27-52(58-50(42)44,37-18-22-39(23-19-37)57-33-30-54)36-16-20-38(21-17-36)53-28-31-56-32-29-53/h5-9,12-24,27,34-35,54H,2-4,10-11,25-26,28-33H2,1H3. The number of hydrogen-bond acceptors (Lipinski definition) is 7. The maximum absolute atomic E-state index is 9.47. The van der Waals surface area contributed by atoms with E-state index in [-0.39, 0.29) is 18.6 Å². The molecule has 6 aromatic carbocycles. The van der Waals surface area contributed by atoms with Crippen LogP contribution in [0, 0.1) is 0 Å². The largest absolute Gasteiger partial charge is 0.496 e. The Bertz CT molecular complexity index is 2490. The van der Waals surface area contributed by atoms with Crippen molar-refractivity contribution in [1.29, 1.82) is 0 Å². The molecule has 2 fully saturated rings. The summed E-state index contributed by atoms with van der Waals surface area (Å²) in [5.41, 5.74) is 8.91. The van der Waals surface area contributed by atoms with Crippen molar-refractivity contribution < 1.29 is 24.1 Å². The van der Waals surface area contributed by atoms with Crippen LogP contribution in [0.25, 0.3) is 28.0 Å². The van der Waals surface area contributed by atoms with E-state index in [1.165, 1.54) is 75.9 Å². The molecule has 0 amide bonds. The van der Waals surface area contributed by atoms with Gasteiger partial charge in [-0.25, -0.2) is 0 Å². The molecular weight excluding hydrogens is 751 g/mol. The van der Waals surface area contributed by atoms with E-state index >= 15 is 0 Å². The quantitative estimate of drug-likeness (QED) is 0.156. The predicted octanol–water partition coefficient (Wildman–Crippen LogP) is 11.6. The Kier molecular flexibility index (Phi) is 10.4. The van der Waals surface area contributed by atoms with Crippen LogP contribution in [0.3, 0.4) is 0 Å². The van der Waals surface area contributed by atoms with Crippen LogP contribution in [0.15, 0.2) is 131 Å². The molecule has 0 radical (unpaired) electrons. The Hall–Kier alpha value is -5.21. The molecule has 6 nitrogen and oxygen atoms in total. The zero-order valence-electron chi connectivity index (χ0n) is 33.8. The van der Waals surface area contributed by atoms with Gasteiger partial charge in [-0.1, -0.05) is 117 Å². The molecule has 10 rings (SSSR count). The summed E-state index contributed by atoms with van der Waals surface area (Å²) in [5, 5.41) is 11.7. The van der Waals surface area contributed by atoms with Gasteiger partial charge < -0.3 is 29.0 Å². The van der Waals surface area contributed by atoms with Gasteiger partial charge in [-0.2, -0.15) is 0 Å². The van der Waals surface area contributed by atoms with E-state index < -0.39 is 5.60 Å². The first-order valence-electron chi connectivity index (χ1n) is 21.3. The summed E-state index contributed by atoms with van der Waals surface area (Å²) in [4.78, 5) is 4.64. The molecule has 2 aliphatic carbocycles. The number of aliphatic hydroxyl groups excluding tert-OH is 1. The van der Waals surface area contributed by atoms with Gasteiger partial charge in [0, 0.05) is 51.2 Å². The second-order valence-corrected chi connectivity index (χ2v) is 17.4. The topological polar surface area (TPSA) is 60.4 Å². The van der Waals surface area contributed by atoms with Gasteiger partial charge in [0.05, 0.1) is 31.8 Å². The number of anilines is 1. The van der Waals surface area contributed by atoms with E-state index in [0.717, 1.165) is 72.1 Å². The molecule has 1 atom stereocenters. The Morgan fingerprint density at radius 2 is 1.46 bits per heavy atom. The molecule has 1 N–H and O–H groups in total. The van der Waals surface area contributed by atoms with Crippen molar-refractivity contribution in [2.45, 2.75) is 65.8 Å². The summed E-state index contributed by atoms with van der Waals surface area (Å²) in [7, 11) is 1.77. The van der Waals surface area contributed by atoms with Crippen LogP contribution in [0.5, 0.6) is 17.2 Å². The van der Waals surface area contributed by atoms with Crippen molar-refractivity contribution in [3.8, 4) is 28.4 Å². The number of nitrogens with zero attached hydrogens (tertiary/aromatic N) is 1. The minimum Gasteiger partial charge on any atom is -0.496 e. The fraction of sp³-hybridized carbons (Fsp3) is 0.308. The summed E-state index contributed by atoms with van der Waals surface area (Å²) in [6.07, 6.45) is 13.2. The zero-order chi connectivity index (χ0) is 39.8. The number of benzene rings is 6. The van der Waals surface area contributed by atoms with Crippen molar-refractivity contribution in [3.05, 3.63) is 149 Å². The Morgan fingerprint density at radius 1 is 0.763 bits per heavy atom. The van der Waals surface area contributed by atoms with Crippen LogP contribution in [0.1, 0.15) is 72.8 Å². The summed E-state index contributed by atoms with van der Waals surface area (Å²) >= 11 is 1.75. The minimum atomic E-state index is -0.947. The van der Waals surface area contributed by atoms with Gasteiger partial charge >= 0.3 is 0 Å². The third-order valence-corrected chi connectivity index (χ3v) is 14.1. The lowest BCUT2D eigenvalue weighted by atomic mass is 9.67. The van der Waals surface area contributed by atoms with Gasteiger partial charge in [-0.3, -0.25) is 0 Å². The smallest absolute Gasteiger partial charge is 0.178 e. The fourth-order valence-electron chi connectivity index (χ4n) is 10.2. The van der Waals surface area contributed by atoms with E-state index in [0.29, 0.717) is 5.75 Å². The van der Waals surface area contributed by atoms with E-state index in [1.54, 1.807) is 18.9 Å². The molecule has 1 saturated heterocycles. The molecule has 300 valence electrons. The fourth-order valence-corrected chi connectivity index (χ4v) is 11.2. The highest BCUT2D eigenvalue weighted by Gasteiger charge is 2.48. The van der Waals surface area contributed by atoms with Gasteiger partial charge in [0.2, 0.25) is 0 Å². The minimum absolute atomic E-state index is 0.0401. The van der Waals surface area contributed by atoms with Crippen molar-refractivity contribution in [3.63, 3.8) is 0 Å². The lowest BCUT2D eigenvalue weighted by Gasteiger charge is -2.40. The monoisotopic (exact) mass is 801 g/mol. The third-order valence-electron chi connectivity index (χ3n) is 13.0. The lowest BCUT2D eigenvalue weighted by molar-refractivity contribution is 0.122. The maximum Gasteiger partial charge on any atom is 0.178 e. The Balaban J connectivity index is 1.22. The average molecular weight is 802 g/mol. The highest BCUT2D eigenvalue weighted by molar-refractivity contribution is 7.99. The SMILES string of the molecule is COc1cc2c3c(c4c(c2cc1Sc1ccccc1)-c1ccccc1C41CCCCCCC1)C=CC(c1ccc(OCCO)cc1)(c1ccc(N2CCOCC2)cc1)O3. The second-order valence-electron chi connectivity index (χ2n) is 16.3. The van der Waals surface area contributed by atoms with E-state index in [4.69, 9.17) is 18.9 Å². The molecule has 7 heteroatoms. The van der Waals surface area contributed by atoms with Gasteiger partial charge in [-0.15, -0.1) is 0 Å². The number of fused-ring (bicyclic) bond motifs is 10. The second kappa shape index (κ2) is 16.1. The summed E-state index contributed by atoms with van der Waals surface area (Å²) in [5.74, 6) is 2.42. The van der Waals surface area contributed by atoms with Crippen molar-refractivity contribution in [2.24, 2.45) is 0 Å². The molecule has 1 spiro atoms. The summed E-state index contributed by atoms with van der Waals surface area (Å²) < 4.78 is 25.6. The van der Waals surface area contributed by atoms with E-state index in [2.05, 4.69) is 120 Å². The molecule has 0 bridgehead atoms. The molecule has 59 heavy (non-hydrogen) atoms. The van der Waals surface area contributed by atoms with Crippen molar-refractivity contribution in [2.75, 3.05) is 51.5 Å². The number of ether oxygens (including phenoxy) is 4. The van der Waals surface area contributed by atoms with Crippen LogP contribution >= 0.6 is 11.8 Å². The molecule has 4 aliphatic rings. The lowest BCUT2D eigenvalue weighted by Crippen LogP contribution is -2.37. The Labute approximate surface area is 351 Å². The molecule has 1 saturated carbocycles. The maximum atomic E-state index is 9.47. The summed E-state index contributed by atoms with van der Waals surface area (Å²) in [6, 6.07) is 41.5. The molecule has 6 aromatic rings. The van der Waals surface area contributed by atoms with Gasteiger partial charge in [0.15, 0.2) is 5.60 Å². The van der Waals surface area contributed by atoms with E-state index in [9.17, 15) is 5.11 Å². The van der Waals surface area contributed by atoms with Crippen LogP contribution in [-0.2, 0) is 15.8 Å². The van der Waals surface area contributed by atoms with Crippen LogP contribution < -0.4 is 19.1 Å². The van der Waals surface area contributed by atoms with Crippen molar-refractivity contribution in [1.82, 2.24) is 0 Å². The number of morpholine rings is 1. The highest BCUT2D eigenvalue weighted by atomic mass is 32.2. The molecule has 2 aliphatic heterocycles. The summed E-state index contributed by atoms with van der Waals surface area (Å²) in [6.45, 7) is 3.41. The van der Waals surface area contributed by atoms with Crippen LogP contribution in [0.4, 0.5) is 5.69 Å². The molecule has 1 unspecified atom stereocenters. The highest BCUT2D eigenvalue weighted by Crippen LogP contribution is 2.62. The first-order chi connectivity index (χ1) is 29.1. The first kappa shape index (κ1) is 38.0. The van der Waals surface area contributed by atoms with Crippen LogP contribution in [-0.4, -0.2) is 51.7 Å². The first-order valence-corrected chi connectivity index (χ1v) is 22.1. The zero-order valence-corrected chi connectivity index (χ0v) is 34.6. The van der Waals surface area contributed by atoms with Crippen LogP contribution in [0.2, 0.25) is 0 Å². The van der Waals surface area contributed by atoms with Gasteiger partial charge in [0.1, 0.15) is 23.9 Å². The Morgan fingerprint density at radius 3 is 2.19 bits per heavy atom. The average Bonchev–Trinajstić information content (AvgIpc) is 3.58. The number of rotatable bonds is 9. The van der Waals surface area contributed by atoms with Gasteiger partial charge in [0.25, 0.3) is 0 Å². The number of methoxy groups -OCH3 is 1. The van der Waals surface area contributed by atoms with E-state index in [1.807, 2.05) is 12.1 Å².